The van der Waals surface area contributed by atoms with Crippen molar-refractivity contribution in [2.45, 2.75) is 31.7 Å². The van der Waals surface area contributed by atoms with Crippen LogP contribution in [0.1, 0.15) is 25.7 Å². The van der Waals surface area contributed by atoms with Crippen molar-refractivity contribution in [2.24, 2.45) is 5.92 Å². The van der Waals surface area contributed by atoms with Crippen molar-refractivity contribution in [3.63, 3.8) is 0 Å². The molecule has 1 aromatic heterocycles. The Bertz CT molecular complexity index is 640. The number of carbonyl (C=O) groups excluding carboxylic acids is 2. The highest BCUT2D eigenvalue weighted by Crippen LogP contribution is 2.31. The number of carbonyl (C=O) groups is 2. The highest BCUT2D eigenvalue weighted by atomic mass is 35.5. The lowest BCUT2D eigenvalue weighted by atomic mass is 10.2. The number of aromatic nitrogens is 1. The van der Waals surface area contributed by atoms with Crippen LogP contribution in [0.25, 0.3) is 0 Å². The third kappa shape index (κ3) is 5.24. The summed E-state index contributed by atoms with van der Waals surface area (Å²) in [6.45, 7) is 4.06. The molecule has 0 aromatic carbocycles. The molecular formula is C18H27Cl2N5O2. The van der Waals surface area contributed by atoms with Crippen LogP contribution in [0.4, 0.5) is 11.5 Å². The Balaban J connectivity index is 0.00000131. The first-order chi connectivity index (χ1) is 12.2. The number of amides is 2. The molecule has 3 fully saturated rings. The van der Waals surface area contributed by atoms with Crippen molar-refractivity contribution in [3.8, 4) is 0 Å². The lowest BCUT2D eigenvalue weighted by molar-refractivity contribution is -0.132. The highest BCUT2D eigenvalue weighted by Gasteiger charge is 2.34. The van der Waals surface area contributed by atoms with Crippen LogP contribution in [0.2, 0.25) is 0 Å². The maximum absolute atomic E-state index is 12.1. The van der Waals surface area contributed by atoms with Gasteiger partial charge in [0.05, 0.1) is 17.9 Å². The third-order valence-corrected chi connectivity index (χ3v) is 5.23. The zero-order valence-corrected chi connectivity index (χ0v) is 16.9. The SMILES string of the molecule is Cl.Cl.O=C(Nc1ccc(N2CCN(C(=O)C3CC3)CC2)nc1)C1CCCN1. The molecule has 1 aromatic rings. The molecule has 1 saturated carbocycles. The first kappa shape index (κ1) is 21.7. The Hall–Kier alpha value is -1.57. The summed E-state index contributed by atoms with van der Waals surface area (Å²) in [5, 5.41) is 6.11. The Morgan fingerprint density at radius 2 is 1.81 bits per heavy atom. The summed E-state index contributed by atoms with van der Waals surface area (Å²) >= 11 is 0. The second-order valence-corrected chi connectivity index (χ2v) is 7.13. The highest BCUT2D eigenvalue weighted by molar-refractivity contribution is 5.95. The van der Waals surface area contributed by atoms with Gasteiger partial charge in [0, 0.05) is 32.1 Å². The van der Waals surface area contributed by atoms with Crippen molar-refractivity contribution in [1.82, 2.24) is 15.2 Å². The lowest BCUT2D eigenvalue weighted by Gasteiger charge is -2.35. The molecule has 1 unspecified atom stereocenters. The number of pyridine rings is 1. The average molecular weight is 416 g/mol. The van der Waals surface area contributed by atoms with Gasteiger partial charge in [-0.3, -0.25) is 9.59 Å². The molecule has 1 aliphatic carbocycles. The maximum atomic E-state index is 12.1. The molecule has 3 aliphatic rings. The number of nitrogens with zero attached hydrogens (tertiary/aromatic N) is 3. The van der Waals surface area contributed by atoms with E-state index in [0.717, 1.165) is 69.9 Å². The Kier molecular flexibility index (Phi) is 7.70. The molecule has 1 atom stereocenters. The first-order valence-electron chi connectivity index (χ1n) is 9.25. The number of piperazine rings is 1. The number of hydrogen-bond acceptors (Lipinski definition) is 5. The van der Waals surface area contributed by atoms with E-state index < -0.39 is 0 Å². The molecule has 9 heteroatoms. The van der Waals surface area contributed by atoms with Gasteiger partial charge in [0.2, 0.25) is 11.8 Å². The van der Waals surface area contributed by atoms with Crippen LogP contribution in [-0.4, -0.2) is 60.5 Å². The summed E-state index contributed by atoms with van der Waals surface area (Å²) in [4.78, 5) is 32.9. The standard InChI is InChI=1S/C18H25N5O2.2ClH/c24-17(15-2-1-7-19-15)21-14-5-6-16(20-12-14)22-8-10-23(11-9-22)18(25)13-3-4-13;;/h5-6,12-13,15,19H,1-4,7-11H2,(H,21,24);2*1H. The smallest absolute Gasteiger partial charge is 0.241 e. The van der Waals surface area contributed by atoms with Crippen LogP contribution >= 0.6 is 24.8 Å². The molecule has 2 saturated heterocycles. The predicted octanol–water partition coefficient (Wildman–Crippen LogP) is 1.67. The predicted molar refractivity (Wildman–Crippen MR) is 110 cm³/mol. The number of rotatable bonds is 4. The summed E-state index contributed by atoms with van der Waals surface area (Å²) in [5.74, 6) is 1.53. The minimum absolute atomic E-state index is 0. The fourth-order valence-electron chi connectivity index (χ4n) is 3.53. The summed E-state index contributed by atoms with van der Waals surface area (Å²) in [7, 11) is 0. The van der Waals surface area contributed by atoms with E-state index in [1.54, 1.807) is 6.20 Å². The Morgan fingerprint density at radius 1 is 1.07 bits per heavy atom. The molecule has 27 heavy (non-hydrogen) atoms. The number of nitrogens with one attached hydrogen (secondary N) is 2. The number of hydrogen-bond donors (Lipinski definition) is 2. The zero-order valence-electron chi connectivity index (χ0n) is 15.2. The van der Waals surface area contributed by atoms with Gasteiger partial charge in [-0.1, -0.05) is 0 Å². The average Bonchev–Trinajstić information content (AvgIpc) is 3.35. The summed E-state index contributed by atoms with van der Waals surface area (Å²) < 4.78 is 0. The van der Waals surface area contributed by atoms with Crippen molar-refractivity contribution < 1.29 is 9.59 Å². The monoisotopic (exact) mass is 415 g/mol. The van der Waals surface area contributed by atoms with Crippen molar-refractivity contribution in [1.29, 1.82) is 0 Å². The fraction of sp³-hybridized carbons (Fsp3) is 0.611. The van der Waals surface area contributed by atoms with Gasteiger partial charge in [0.15, 0.2) is 0 Å². The van der Waals surface area contributed by atoms with Crippen LogP contribution < -0.4 is 15.5 Å². The second kappa shape index (κ2) is 9.57. The van der Waals surface area contributed by atoms with Crippen LogP contribution in [0.5, 0.6) is 0 Å². The van der Waals surface area contributed by atoms with E-state index >= 15 is 0 Å². The van der Waals surface area contributed by atoms with E-state index in [-0.39, 0.29) is 36.8 Å². The molecule has 2 aliphatic heterocycles. The van der Waals surface area contributed by atoms with Gasteiger partial charge in [-0.25, -0.2) is 4.98 Å². The minimum Gasteiger partial charge on any atom is -0.353 e. The molecule has 0 radical (unpaired) electrons. The van der Waals surface area contributed by atoms with Gasteiger partial charge < -0.3 is 20.4 Å². The summed E-state index contributed by atoms with van der Waals surface area (Å²) in [6.07, 6.45) is 5.77. The molecular weight excluding hydrogens is 389 g/mol. The fourth-order valence-corrected chi connectivity index (χ4v) is 3.53. The number of halogens is 2. The van der Waals surface area contributed by atoms with Crippen LogP contribution in [0.15, 0.2) is 18.3 Å². The van der Waals surface area contributed by atoms with Crippen molar-refractivity contribution >= 4 is 48.1 Å². The largest absolute Gasteiger partial charge is 0.353 e. The molecule has 4 rings (SSSR count). The van der Waals surface area contributed by atoms with Crippen LogP contribution in [0, 0.1) is 5.92 Å². The van der Waals surface area contributed by atoms with Gasteiger partial charge >= 0.3 is 0 Å². The van der Waals surface area contributed by atoms with Gasteiger partial charge in [-0.2, -0.15) is 0 Å². The molecule has 0 bridgehead atoms. The molecule has 2 amide bonds. The second-order valence-electron chi connectivity index (χ2n) is 7.13. The molecule has 0 spiro atoms. The van der Waals surface area contributed by atoms with E-state index in [2.05, 4.69) is 20.5 Å². The topological polar surface area (TPSA) is 77.6 Å². The van der Waals surface area contributed by atoms with Crippen LogP contribution in [0.3, 0.4) is 0 Å². The molecule has 2 N–H and O–H groups in total. The molecule has 7 nitrogen and oxygen atoms in total. The quantitative estimate of drug-likeness (QED) is 0.781. The Labute approximate surface area is 172 Å². The minimum atomic E-state index is -0.0863. The third-order valence-electron chi connectivity index (χ3n) is 5.23. The number of anilines is 2. The zero-order chi connectivity index (χ0) is 17.2. The van der Waals surface area contributed by atoms with Gasteiger partial charge in [-0.05, 0) is 44.4 Å². The van der Waals surface area contributed by atoms with Gasteiger partial charge in [0.25, 0.3) is 0 Å². The van der Waals surface area contributed by atoms with E-state index in [1.807, 2.05) is 17.0 Å². The van der Waals surface area contributed by atoms with Crippen LogP contribution in [-0.2, 0) is 9.59 Å². The Morgan fingerprint density at radius 3 is 2.37 bits per heavy atom. The molecule has 150 valence electrons. The van der Waals surface area contributed by atoms with Crippen molar-refractivity contribution in [2.75, 3.05) is 42.9 Å². The van der Waals surface area contributed by atoms with E-state index in [0.29, 0.717) is 11.8 Å². The maximum Gasteiger partial charge on any atom is 0.241 e. The van der Waals surface area contributed by atoms with E-state index in [4.69, 9.17) is 0 Å². The van der Waals surface area contributed by atoms with Gasteiger partial charge in [-0.15, -0.1) is 24.8 Å². The van der Waals surface area contributed by atoms with E-state index in [1.165, 1.54) is 0 Å². The normalized spacial score (nSPS) is 21.9. The summed E-state index contributed by atoms with van der Waals surface area (Å²) in [5.41, 5.74) is 0.727. The van der Waals surface area contributed by atoms with Crippen molar-refractivity contribution in [3.05, 3.63) is 18.3 Å². The lowest BCUT2D eigenvalue weighted by Crippen LogP contribution is -2.49. The summed E-state index contributed by atoms with van der Waals surface area (Å²) in [6, 6.07) is 3.75. The first-order valence-corrected chi connectivity index (χ1v) is 9.25. The van der Waals surface area contributed by atoms with Gasteiger partial charge in [0.1, 0.15) is 5.82 Å². The molecule has 3 heterocycles. The van der Waals surface area contributed by atoms with E-state index in [9.17, 15) is 9.59 Å².